The Morgan fingerprint density at radius 3 is 2.35 bits per heavy atom. The predicted molar refractivity (Wildman–Crippen MR) is 80.7 cm³/mol. The van der Waals surface area contributed by atoms with Crippen LogP contribution in [0.15, 0.2) is 24.3 Å². The molecule has 0 saturated heterocycles. The summed E-state index contributed by atoms with van der Waals surface area (Å²) in [5, 5.41) is 0. The van der Waals surface area contributed by atoms with Gasteiger partial charge in [-0.05, 0) is 44.4 Å². The third-order valence-electron chi connectivity index (χ3n) is 4.20. The Bertz CT molecular complexity index is 433. The van der Waals surface area contributed by atoms with Crippen molar-refractivity contribution in [1.82, 2.24) is 4.90 Å². The van der Waals surface area contributed by atoms with Crippen molar-refractivity contribution in [3.8, 4) is 0 Å². The van der Waals surface area contributed by atoms with Crippen LogP contribution < -0.4 is 0 Å². The van der Waals surface area contributed by atoms with Crippen LogP contribution in [0.25, 0.3) is 0 Å². The molecule has 1 aromatic carbocycles. The molecule has 0 aliphatic heterocycles. The van der Waals surface area contributed by atoms with Gasteiger partial charge in [-0.25, -0.2) is 4.79 Å². The molecule has 0 bridgehead atoms. The molecule has 1 fully saturated rings. The zero-order chi connectivity index (χ0) is 14.5. The Morgan fingerprint density at radius 1 is 1.25 bits per heavy atom. The predicted octanol–water partition coefficient (Wildman–Crippen LogP) is 3.63. The molecule has 110 valence electrons. The van der Waals surface area contributed by atoms with E-state index in [0.29, 0.717) is 11.6 Å². The molecule has 0 heterocycles. The molecule has 0 amide bonds. The minimum absolute atomic E-state index is 0.270. The van der Waals surface area contributed by atoms with Gasteiger partial charge in [-0.3, -0.25) is 4.90 Å². The standard InChI is InChI=1S/C17H25NO2/c1-13(2)18(16-6-4-5-7-16)12-14-8-10-15(11-9-14)17(19)20-3/h8-11,13,16H,4-7,12H2,1-3H3. The van der Waals surface area contributed by atoms with Crippen LogP contribution in [0.4, 0.5) is 0 Å². The zero-order valence-corrected chi connectivity index (χ0v) is 12.8. The summed E-state index contributed by atoms with van der Waals surface area (Å²) in [7, 11) is 1.41. The van der Waals surface area contributed by atoms with Crippen LogP contribution in [0.5, 0.6) is 0 Å². The van der Waals surface area contributed by atoms with Gasteiger partial charge in [0.25, 0.3) is 0 Å². The molecular formula is C17H25NO2. The fourth-order valence-corrected chi connectivity index (χ4v) is 3.04. The van der Waals surface area contributed by atoms with Gasteiger partial charge in [0.15, 0.2) is 0 Å². The molecule has 1 aromatic rings. The van der Waals surface area contributed by atoms with Crippen LogP contribution in [-0.4, -0.2) is 30.1 Å². The van der Waals surface area contributed by atoms with Crippen LogP contribution in [0.2, 0.25) is 0 Å². The third-order valence-corrected chi connectivity index (χ3v) is 4.20. The number of carbonyl (C=O) groups excluding carboxylic acids is 1. The molecule has 20 heavy (non-hydrogen) atoms. The van der Waals surface area contributed by atoms with Gasteiger partial charge < -0.3 is 4.74 Å². The lowest BCUT2D eigenvalue weighted by Gasteiger charge is -2.32. The minimum atomic E-state index is -0.270. The van der Waals surface area contributed by atoms with Gasteiger partial charge in [-0.2, -0.15) is 0 Å². The molecule has 3 nitrogen and oxygen atoms in total. The largest absolute Gasteiger partial charge is 0.465 e. The number of hydrogen-bond donors (Lipinski definition) is 0. The van der Waals surface area contributed by atoms with E-state index in [-0.39, 0.29) is 5.97 Å². The summed E-state index contributed by atoms with van der Waals surface area (Å²) in [6, 6.07) is 9.06. The fraction of sp³-hybridized carbons (Fsp3) is 0.588. The highest BCUT2D eigenvalue weighted by molar-refractivity contribution is 5.89. The molecule has 0 aromatic heterocycles. The number of ether oxygens (including phenoxy) is 1. The van der Waals surface area contributed by atoms with E-state index in [9.17, 15) is 4.79 Å². The topological polar surface area (TPSA) is 29.5 Å². The summed E-state index contributed by atoms with van der Waals surface area (Å²) < 4.78 is 4.73. The Morgan fingerprint density at radius 2 is 1.85 bits per heavy atom. The van der Waals surface area contributed by atoms with Gasteiger partial charge in [0.1, 0.15) is 0 Å². The lowest BCUT2D eigenvalue weighted by atomic mass is 10.1. The van der Waals surface area contributed by atoms with E-state index < -0.39 is 0 Å². The zero-order valence-electron chi connectivity index (χ0n) is 12.8. The second-order valence-corrected chi connectivity index (χ2v) is 5.89. The molecule has 1 aliphatic rings. The number of nitrogens with zero attached hydrogens (tertiary/aromatic N) is 1. The lowest BCUT2D eigenvalue weighted by Crippen LogP contribution is -2.38. The average molecular weight is 275 g/mol. The molecule has 0 radical (unpaired) electrons. The lowest BCUT2D eigenvalue weighted by molar-refractivity contribution is 0.0600. The number of methoxy groups -OCH3 is 1. The highest BCUT2D eigenvalue weighted by Gasteiger charge is 2.24. The molecule has 0 spiro atoms. The quantitative estimate of drug-likeness (QED) is 0.769. The maximum Gasteiger partial charge on any atom is 0.337 e. The van der Waals surface area contributed by atoms with Crippen molar-refractivity contribution in [2.45, 2.75) is 58.2 Å². The summed E-state index contributed by atoms with van der Waals surface area (Å²) in [4.78, 5) is 14.0. The number of rotatable bonds is 5. The van der Waals surface area contributed by atoms with E-state index in [1.807, 2.05) is 24.3 Å². The van der Waals surface area contributed by atoms with E-state index in [4.69, 9.17) is 4.74 Å². The smallest absolute Gasteiger partial charge is 0.337 e. The highest BCUT2D eigenvalue weighted by Crippen LogP contribution is 2.26. The van der Waals surface area contributed by atoms with E-state index in [1.165, 1.54) is 38.4 Å². The summed E-state index contributed by atoms with van der Waals surface area (Å²) in [6.07, 6.45) is 5.35. The Labute approximate surface area is 121 Å². The minimum Gasteiger partial charge on any atom is -0.465 e. The van der Waals surface area contributed by atoms with E-state index in [2.05, 4.69) is 18.7 Å². The summed E-state index contributed by atoms with van der Waals surface area (Å²) >= 11 is 0. The van der Waals surface area contributed by atoms with Crippen molar-refractivity contribution in [1.29, 1.82) is 0 Å². The molecule has 1 aliphatic carbocycles. The van der Waals surface area contributed by atoms with Gasteiger partial charge in [0.05, 0.1) is 12.7 Å². The van der Waals surface area contributed by atoms with Crippen molar-refractivity contribution >= 4 is 5.97 Å². The van der Waals surface area contributed by atoms with Crippen molar-refractivity contribution < 1.29 is 9.53 Å². The average Bonchev–Trinajstić information content (AvgIpc) is 2.98. The van der Waals surface area contributed by atoms with Crippen LogP contribution in [-0.2, 0) is 11.3 Å². The number of carbonyl (C=O) groups is 1. The number of benzene rings is 1. The van der Waals surface area contributed by atoms with Gasteiger partial charge in [-0.1, -0.05) is 25.0 Å². The molecule has 3 heteroatoms. The molecular weight excluding hydrogens is 250 g/mol. The van der Waals surface area contributed by atoms with Crippen molar-refractivity contribution in [2.75, 3.05) is 7.11 Å². The molecule has 2 rings (SSSR count). The SMILES string of the molecule is COC(=O)c1ccc(CN(C(C)C)C2CCCC2)cc1. The van der Waals surface area contributed by atoms with E-state index in [0.717, 1.165) is 12.6 Å². The molecule has 0 unspecified atom stereocenters. The van der Waals surface area contributed by atoms with Crippen molar-refractivity contribution in [3.05, 3.63) is 35.4 Å². The van der Waals surface area contributed by atoms with Crippen molar-refractivity contribution in [2.24, 2.45) is 0 Å². The number of esters is 1. The summed E-state index contributed by atoms with van der Waals surface area (Å²) in [5.41, 5.74) is 1.88. The first-order chi connectivity index (χ1) is 9.61. The second-order valence-electron chi connectivity index (χ2n) is 5.89. The maximum absolute atomic E-state index is 11.4. The van der Waals surface area contributed by atoms with Crippen LogP contribution in [0.3, 0.4) is 0 Å². The first kappa shape index (κ1) is 15.0. The van der Waals surface area contributed by atoms with Crippen LogP contribution >= 0.6 is 0 Å². The third kappa shape index (κ3) is 3.60. The molecule has 0 N–H and O–H groups in total. The maximum atomic E-state index is 11.4. The Kier molecular flexibility index (Phi) is 5.18. The van der Waals surface area contributed by atoms with Gasteiger partial charge in [-0.15, -0.1) is 0 Å². The molecule has 1 saturated carbocycles. The summed E-state index contributed by atoms with van der Waals surface area (Å²) in [5.74, 6) is -0.270. The first-order valence-electron chi connectivity index (χ1n) is 7.55. The van der Waals surface area contributed by atoms with Crippen LogP contribution in [0, 0.1) is 0 Å². The Hall–Kier alpha value is -1.35. The van der Waals surface area contributed by atoms with Gasteiger partial charge >= 0.3 is 5.97 Å². The fourth-order valence-electron chi connectivity index (χ4n) is 3.04. The van der Waals surface area contributed by atoms with E-state index >= 15 is 0 Å². The number of hydrogen-bond acceptors (Lipinski definition) is 3. The first-order valence-corrected chi connectivity index (χ1v) is 7.55. The summed E-state index contributed by atoms with van der Waals surface area (Å²) in [6.45, 7) is 5.49. The van der Waals surface area contributed by atoms with Crippen LogP contribution in [0.1, 0.15) is 55.5 Å². The normalized spacial score (nSPS) is 16.1. The molecule has 0 atom stereocenters. The second kappa shape index (κ2) is 6.89. The monoisotopic (exact) mass is 275 g/mol. The van der Waals surface area contributed by atoms with Crippen molar-refractivity contribution in [3.63, 3.8) is 0 Å². The Balaban J connectivity index is 2.04. The van der Waals surface area contributed by atoms with Gasteiger partial charge in [0, 0.05) is 18.6 Å². The van der Waals surface area contributed by atoms with Gasteiger partial charge in [0.2, 0.25) is 0 Å². The highest BCUT2D eigenvalue weighted by atomic mass is 16.5. The van der Waals surface area contributed by atoms with E-state index in [1.54, 1.807) is 0 Å².